The minimum absolute atomic E-state index is 0.0572. The Balaban J connectivity index is 2.00. The molecule has 0 aliphatic heterocycles. The van der Waals surface area contributed by atoms with E-state index in [1.165, 1.54) is 12.8 Å². The van der Waals surface area contributed by atoms with Crippen LogP contribution in [0.1, 0.15) is 58.3 Å². The lowest BCUT2D eigenvalue weighted by Gasteiger charge is -2.33. The molecule has 0 spiro atoms. The van der Waals surface area contributed by atoms with Crippen LogP contribution in [-0.4, -0.2) is 14.7 Å². The number of hydrogen-bond acceptors (Lipinski definition) is 2. The molecule has 2 aliphatic rings. The zero-order valence-electron chi connectivity index (χ0n) is 10.7. The minimum atomic E-state index is -0.766. The van der Waals surface area contributed by atoms with Crippen LogP contribution < -0.4 is 0 Å². The van der Waals surface area contributed by atoms with E-state index >= 15 is 0 Å². The lowest BCUT2D eigenvalue weighted by molar-refractivity contribution is 0.379. The van der Waals surface area contributed by atoms with Crippen LogP contribution in [0, 0.1) is 23.2 Å². The second-order valence-electron chi connectivity index (χ2n) is 5.78. The molecule has 0 aromatic rings. The number of nitriles is 1. The Morgan fingerprint density at radius 2 is 1.88 bits per heavy atom. The topological polar surface area (TPSA) is 40.9 Å². The molecule has 96 valence electrons. The van der Waals surface area contributed by atoms with Gasteiger partial charge in [0.1, 0.15) is 0 Å². The Labute approximate surface area is 107 Å². The molecule has 3 heteroatoms. The molecule has 5 unspecified atom stereocenters. The smallest absolute Gasteiger partial charge is 0.0668 e. The van der Waals surface area contributed by atoms with Gasteiger partial charge in [0.25, 0.3) is 0 Å². The van der Waals surface area contributed by atoms with E-state index in [0.29, 0.717) is 5.25 Å². The quantitative estimate of drug-likeness (QED) is 0.757. The van der Waals surface area contributed by atoms with Crippen LogP contribution >= 0.6 is 0 Å². The second kappa shape index (κ2) is 6.00. The second-order valence-corrected chi connectivity index (χ2v) is 7.71. The first-order valence-electron chi connectivity index (χ1n) is 7.01. The minimum Gasteiger partial charge on any atom is -0.259 e. The lowest BCUT2D eigenvalue weighted by atomic mass is 9.89. The molecule has 0 heterocycles. The summed E-state index contributed by atoms with van der Waals surface area (Å²) < 4.78 is 12.6. The molecule has 0 N–H and O–H groups in total. The van der Waals surface area contributed by atoms with Crippen LogP contribution in [0.2, 0.25) is 0 Å². The molecular weight excluding hydrogens is 230 g/mol. The summed E-state index contributed by atoms with van der Waals surface area (Å²) in [6.07, 6.45) is 9.03. The molecule has 0 saturated heterocycles. The fraction of sp³-hybridized carbons (Fsp3) is 0.929. The van der Waals surface area contributed by atoms with Gasteiger partial charge in [-0.25, -0.2) is 0 Å². The van der Waals surface area contributed by atoms with Crippen LogP contribution in [0.4, 0.5) is 0 Å². The van der Waals surface area contributed by atoms with Crippen molar-refractivity contribution in [2.45, 2.75) is 68.8 Å². The summed E-state index contributed by atoms with van der Waals surface area (Å²) in [6.45, 7) is 2.27. The summed E-state index contributed by atoms with van der Waals surface area (Å²) in [7, 11) is -0.766. The molecule has 2 nitrogen and oxygen atoms in total. The van der Waals surface area contributed by atoms with E-state index in [1.54, 1.807) is 0 Å². The molecule has 2 saturated carbocycles. The van der Waals surface area contributed by atoms with Crippen LogP contribution in [0.5, 0.6) is 0 Å². The van der Waals surface area contributed by atoms with Gasteiger partial charge in [0.05, 0.1) is 17.2 Å². The molecule has 0 aromatic carbocycles. The van der Waals surface area contributed by atoms with Gasteiger partial charge in [0, 0.05) is 16.0 Å². The fourth-order valence-electron chi connectivity index (χ4n) is 3.36. The van der Waals surface area contributed by atoms with Gasteiger partial charge in [-0.15, -0.1) is 0 Å². The highest BCUT2D eigenvalue weighted by Gasteiger charge is 2.35. The summed E-state index contributed by atoms with van der Waals surface area (Å²) in [5.74, 6) is 0.781. The zero-order valence-corrected chi connectivity index (χ0v) is 11.5. The molecule has 0 aromatic heterocycles. The third kappa shape index (κ3) is 3.10. The average molecular weight is 253 g/mol. The van der Waals surface area contributed by atoms with Crippen molar-refractivity contribution in [2.24, 2.45) is 11.8 Å². The summed E-state index contributed by atoms with van der Waals surface area (Å²) in [5, 5.41) is 9.72. The van der Waals surface area contributed by atoms with E-state index in [9.17, 15) is 9.47 Å². The van der Waals surface area contributed by atoms with E-state index in [4.69, 9.17) is 0 Å². The first-order chi connectivity index (χ1) is 8.22. The van der Waals surface area contributed by atoms with Gasteiger partial charge < -0.3 is 0 Å². The monoisotopic (exact) mass is 253 g/mol. The molecule has 0 bridgehead atoms. The maximum Gasteiger partial charge on any atom is 0.0668 e. The van der Waals surface area contributed by atoms with Gasteiger partial charge in [-0.2, -0.15) is 5.26 Å². The van der Waals surface area contributed by atoms with Gasteiger partial charge in [-0.3, -0.25) is 4.21 Å². The summed E-state index contributed by atoms with van der Waals surface area (Å²) >= 11 is 0. The molecule has 0 radical (unpaired) electrons. The Morgan fingerprint density at radius 1 is 1.12 bits per heavy atom. The van der Waals surface area contributed by atoms with Crippen molar-refractivity contribution in [3.8, 4) is 6.07 Å². The highest BCUT2D eigenvalue weighted by Crippen LogP contribution is 2.34. The Hall–Kier alpha value is -0.360. The van der Waals surface area contributed by atoms with E-state index in [2.05, 4.69) is 13.0 Å². The lowest BCUT2D eigenvalue weighted by Crippen LogP contribution is -2.36. The SMILES string of the molecule is CC1CCCC(S(=O)C2CCCCC2C#N)C1. The number of rotatable bonds is 2. The van der Waals surface area contributed by atoms with Crippen molar-refractivity contribution in [1.82, 2.24) is 0 Å². The molecule has 0 amide bonds. The Morgan fingerprint density at radius 3 is 2.59 bits per heavy atom. The highest BCUT2D eigenvalue weighted by molar-refractivity contribution is 7.86. The van der Waals surface area contributed by atoms with E-state index in [1.807, 2.05) is 0 Å². The van der Waals surface area contributed by atoms with Crippen LogP contribution in [-0.2, 0) is 10.8 Å². The van der Waals surface area contributed by atoms with Crippen LogP contribution in [0.25, 0.3) is 0 Å². The van der Waals surface area contributed by atoms with Gasteiger partial charge in [0.15, 0.2) is 0 Å². The van der Waals surface area contributed by atoms with E-state index in [0.717, 1.165) is 44.4 Å². The van der Waals surface area contributed by atoms with Crippen LogP contribution in [0.3, 0.4) is 0 Å². The molecule has 5 atom stereocenters. The highest BCUT2D eigenvalue weighted by atomic mass is 32.2. The first-order valence-corrected chi connectivity index (χ1v) is 8.29. The molecule has 2 aliphatic carbocycles. The van der Waals surface area contributed by atoms with Crippen molar-refractivity contribution in [1.29, 1.82) is 5.26 Å². The molecule has 2 rings (SSSR count). The zero-order chi connectivity index (χ0) is 12.3. The summed E-state index contributed by atoms with van der Waals surface area (Å²) in [5.41, 5.74) is 0. The van der Waals surface area contributed by atoms with E-state index in [-0.39, 0.29) is 11.2 Å². The Kier molecular flexibility index (Phi) is 4.62. The first kappa shape index (κ1) is 13.1. The largest absolute Gasteiger partial charge is 0.259 e. The molecule has 2 fully saturated rings. The van der Waals surface area contributed by atoms with Crippen molar-refractivity contribution >= 4 is 10.8 Å². The summed E-state index contributed by atoms with van der Waals surface area (Å²) in [6, 6.07) is 2.39. The van der Waals surface area contributed by atoms with Gasteiger partial charge in [-0.1, -0.05) is 32.6 Å². The van der Waals surface area contributed by atoms with Gasteiger partial charge in [-0.05, 0) is 31.6 Å². The summed E-state index contributed by atoms with van der Waals surface area (Å²) in [4.78, 5) is 0. The van der Waals surface area contributed by atoms with Gasteiger partial charge >= 0.3 is 0 Å². The maximum absolute atomic E-state index is 12.6. The third-order valence-corrected chi connectivity index (χ3v) is 6.63. The Bertz CT molecular complexity index is 323. The van der Waals surface area contributed by atoms with Gasteiger partial charge in [0.2, 0.25) is 0 Å². The van der Waals surface area contributed by atoms with Crippen molar-refractivity contribution in [3.63, 3.8) is 0 Å². The van der Waals surface area contributed by atoms with Crippen molar-refractivity contribution in [2.75, 3.05) is 0 Å². The van der Waals surface area contributed by atoms with Crippen molar-refractivity contribution < 1.29 is 4.21 Å². The molecule has 17 heavy (non-hydrogen) atoms. The number of nitrogens with zero attached hydrogens (tertiary/aromatic N) is 1. The number of hydrogen-bond donors (Lipinski definition) is 0. The average Bonchev–Trinajstić information content (AvgIpc) is 2.38. The predicted molar refractivity (Wildman–Crippen MR) is 70.9 cm³/mol. The molecular formula is C14H23NOS. The maximum atomic E-state index is 12.6. The standard InChI is InChI=1S/C14H23NOS/c1-11-5-4-7-13(9-11)17(16)14-8-3-2-6-12(14)10-15/h11-14H,2-9H2,1H3. The fourth-order valence-corrected chi connectivity index (χ4v) is 5.69. The predicted octanol–water partition coefficient (Wildman–Crippen LogP) is 3.40. The third-order valence-electron chi connectivity index (χ3n) is 4.38. The van der Waals surface area contributed by atoms with Crippen LogP contribution in [0.15, 0.2) is 0 Å². The van der Waals surface area contributed by atoms with E-state index < -0.39 is 10.8 Å². The normalized spacial score (nSPS) is 40.5. The van der Waals surface area contributed by atoms with Crippen molar-refractivity contribution in [3.05, 3.63) is 0 Å².